The average molecular weight is 385 g/mol. The van der Waals surface area contributed by atoms with E-state index < -0.39 is 0 Å². The summed E-state index contributed by atoms with van der Waals surface area (Å²) in [7, 11) is 3.35. The number of piperidine rings is 1. The number of carbonyl (C=O) groups excluding carboxylic acids is 1. The summed E-state index contributed by atoms with van der Waals surface area (Å²) in [6.07, 6.45) is 3.52. The predicted octanol–water partition coefficient (Wildman–Crippen LogP) is 4.33. The summed E-state index contributed by atoms with van der Waals surface area (Å²) in [5.74, 6) is 1.28. The van der Waals surface area contributed by atoms with E-state index in [4.69, 9.17) is 9.47 Å². The van der Waals surface area contributed by atoms with Gasteiger partial charge >= 0.3 is 6.09 Å². The Morgan fingerprint density at radius 2 is 1.69 bits per heavy atom. The molecule has 0 saturated carbocycles. The van der Waals surface area contributed by atoms with Gasteiger partial charge in [-0.05, 0) is 49.0 Å². The van der Waals surface area contributed by atoms with Crippen molar-refractivity contribution in [1.82, 2.24) is 9.80 Å². The number of amides is 1. The van der Waals surface area contributed by atoms with Gasteiger partial charge in [0.25, 0.3) is 0 Å². The smallest absolute Gasteiger partial charge is 0.414 e. The largest absolute Gasteiger partial charge is 0.492 e. The molecule has 5 nitrogen and oxygen atoms in total. The molecule has 0 bridgehead atoms. The van der Waals surface area contributed by atoms with E-state index in [2.05, 4.69) is 25.7 Å². The zero-order valence-corrected chi connectivity index (χ0v) is 17.5. The van der Waals surface area contributed by atoms with Crippen molar-refractivity contribution in [3.63, 3.8) is 0 Å². The normalized spacial score (nSPS) is 15.1. The second-order valence-electron chi connectivity index (χ2n) is 7.96. The molecule has 0 N–H and O–H groups in total. The SMILES string of the molecule is CN(C)C(=O)Oc1cc(OCCN2CCCCC2)cc(C(C)(C)C)c1.Cl. The predicted molar refractivity (Wildman–Crippen MR) is 108 cm³/mol. The second-order valence-corrected chi connectivity index (χ2v) is 7.96. The molecule has 1 aliphatic heterocycles. The Bertz CT molecular complexity index is 579. The van der Waals surface area contributed by atoms with Crippen LogP contribution in [0.15, 0.2) is 18.2 Å². The molecule has 1 amide bonds. The molecule has 26 heavy (non-hydrogen) atoms. The van der Waals surface area contributed by atoms with Crippen molar-refractivity contribution in [2.24, 2.45) is 0 Å². The molecular formula is C20H33ClN2O3. The number of rotatable bonds is 5. The maximum absolute atomic E-state index is 11.9. The highest BCUT2D eigenvalue weighted by molar-refractivity contribution is 5.85. The lowest BCUT2D eigenvalue weighted by Gasteiger charge is -2.26. The van der Waals surface area contributed by atoms with E-state index in [-0.39, 0.29) is 23.9 Å². The minimum Gasteiger partial charge on any atom is -0.492 e. The van der Waals surface area contributed by atoms with Crippen LogP contribution in [-0.2, 0) is 5.41 Å². The van der Waals surface area contributed by atoms with Crippen molar-refractivity contribution in [1.29, 1.82) is 0 Å². The molecule has 1 saturated heterocycles. The first-order valence-electron chi connectivity index (χ1n) is 9.15. The monoisotopic (exact) mass is 384 g/mol. The topological polar surface area (TPSA) is 42.0 Å². The summed E-state index contributed by atoms with van der Waals surface area (Å²) >= 11 is 0. The molecule has 1 aromatic carbocycles. The molecule has 0 aliphatic carbocycles. The molecule has 148 valence electrons. The number of hydrogen-bond donors (Lipinski definition) is 0. The zero-order valence-electron chi connectivity index (χ0n) is 16.7. The fraction of sp³-hybridized carbons (Fsp3) is 0.650. The van der Waals surface area contributed by atoms with Crippen LogP contribution in [0.25, 0.3) is 0 Å². The number of halogens is 1. The van der Waals surface area contributed by atoms with E-state index in [1.54, 1.807) is 20.2 Å². The van der Waals surface area contributed by atoms with Gasteiger partial charge in [-0.25, -0.2) is 4.79 Å². The standard InChI is InChI=1S/C20H32N2O3.ClH/c1-20(2,3)16-13-17(15-18(14-16)25-19(23)21(4)5)24-12-11-22-9-7-6-8-10-22;/h13-15H,6-12H2,1-5H3;1H. The third kappa shape index (κ3) is 7.04. The zero-order chi connectivity index (χ0) is 18.4. The summed E-state index contributed by atoms with van der Waals surface area (Å²) in [6, 6.07) is 5.76. The molecule has 0 unspecified atom stereocenters. The third-order valence-electron chi connectivity index (χ3n) is 4.44. The number of nitrogens with zero attached hydrogens (tertiary/aromatic N) is 2. The van der Waals surface area contributed by atoms with Crippen LogP contribution in [0.5, 0.6) is 11.5 Å². The molecule has 0 spiro atoms. The van der Waals surface area contributed by atoms with E-state index in [1.807, 2.05) is 12.1 Å². The highest BCUT2D eigenvalue weighted by Gasteiger charge is 2.18. The molecule has 0 aromatic heterocycles. The van der Waals surface area contributed by atoms with E-state index >= 15 is 0 Å². The van der Waals surface area contributed by atoms with Crippen LogP contribution in [0, 0.1) is 0 Å². The van der Waals surface area contributed by atoms with Crippen molar-refractivity contribution in [3.8, 4) is 11.5 Å². The van der Waals surface area contributed by atoms with E-state index in [0.29, 0.717) is 12.4 Å². The summed E-state index contributed by atoms with van der Waals surface area (Å²) in [6.45, 7) is 10.3. The molecule has 0 atom stereocenters. The Hall–Kier alpha value is -1.46. The van der Waals surface area contributed by atoms with Crippen LogP contribution in [0.2, 0.25) is 0 Å². The molecular weight excluding hydrogens is 352 g/mol. The van der Waals surface area contributed by atoms with Gasteiger partial charge in [0.15, 0.2) is 0 Å². The highest BCUT2D eigenvalue weighted by Crippen LogP contribution is 2.31. The maximum atomic E-state index is 11.9. The van der Waals surface area contributed by atoms with Crippen molar-refractivity contribution in [2.75, 3.05) is 40.3 Å². The maximum Gasteiger partial charge on any atom is 0.414 e. The number of benzene rings is 1. The van der Waals surface area contributed by atoms with E-state index in [1.165, 1.54) is 24.2 Å². The Morgan fingerprint density at radius 1 is 1.08 bits per heavy atom. The minimum absolute atomic E-state index is 0. The van der Waals surface area contributed by atoms with Crippen molar-refractivity contribution < 1.29 is 14.3 Å². The number of hydrogen-bond acceptors (Lipinski definition) is 4. The lowest BCUT2D eigenvalue weighted by atomic mass is 9.87. The van der Waals surface area contributed by atoms with Gasteiger partial charge in [-0.15, -0.1) is 12.4 Å². The van der Waals surface area contributed by atoms with Crippen LogP contribution in [0.3, 0.4) is 0 Å². The van der Waals surface area contributed by atoms with Gasteiger partial charge in [0.1, 0.15) is 18.1 Å². The van der Waals surface area contributed by atoms with Gasteiger partial charge in [0, 0.05) is 26.7 Å². The Morgan fingerprint density at radius 3 is 2.27 bits per heavy atom. The Labute approximate surface area is 164 Å². The van der Waals surface area contributed by atoms with Gasteiger partial charge in [0.2, 0.25) is 0 Å². The Kier molecular flexibility index (Phi) is 8.71. The quantitative estimate of drug-likeness (QED) is 0.757. The van der Waals surface area contributed by atoms with Crippen molar-refractivity contribution in [3.05, 3.63) is 23.8 Å². The van der Waals surface area contributed by atoms with E-state index in [0.717, 1.165) is 30.9 Å². The average Bonchev–Trinajstić information content (AvgIpc) is 2.54. The molecule has 1 aliphatic rings. The fourth-order valence-corrected chi connectivity index (χ4v) is 2.81. The van der Waals surface area contributed by atoms with Crippen LogP contribution < -0.4 is 9.47 Å². The first-order valence-corrected chi connectivity index (χ1v) is 9.15. The first-order chi connectivity index (χ1) is 11.8. The number of likely N-dealkylation sites (tertiary alicyclic amines) is 1. The van der Waals surface area contributed by atoms with Crippen LogP contribution in [-0.4, -0.2) is 56.2 Å². The molecule has 1 fully saturated rings. The summed E-state index contributed by atoms with van der Waals surface area (Å²) < 4.78 is 11.4. The summed E-state index contributed by atoms with van der Waals surface area (Å²) in [5.41, 5.74) is 1.04. The van der Waals surface area contributed by atoms with Gasteiger partial charge in [-0.1, -0.05) is 27.2 Å². The Balaban J connectivity index is 0.00000338. The van der Waals surface area contributed by atoms with Gasteiger partial charge in [0.05, 0.1) is 0 Å². The molecule has 6 heteroatoms. The highest BCUT2D eigenvalue weighted by atomic mass is 35.5. The van der Waals surface area contributed by atoms with E-state index in [9.17, 15) is 4.79 Å². The minimum atomic E-state index is -0.384. The van der Waals surface area contributed by atoms with Gasteiger partial charge in [-0.2, -0.15) is 0 Å². The lowest BCUT2D eigenvalue weighted by Crippen LogP contribution is -2.33. The fourth-order valence-electron chi connectivity index (χ4n) is 2.81. The number of ether oxygens (including phenoxy) is 2. The third-order valence-corrected chi connectivity index (χ3v) is 4.44. The first kappa shape index (κ1) is 22.6. The number of carbonyl (C=O) groups is 1. The summed E-state index contributed by atoms with van der Waals surface area (Å²) in [4.78, 5) is 15.7. The van der Waals surface area contributed by atoms with Crippen molar-refractivity contribution >= 4 is 18.5 Å². The van der Waals surface area contributed by atoms with Gasteiger partial charge in [-0.3, -0.25) is 4.90 Å². The molecule has 2 rings (SSSR count). The lowest BCUT2D eigenvalue weighted by molar-refractivity contribution is 0.171. The summed E-state index contributed by atoms with van der Waals surface area (Å²) in [5, 5.41) is 0. The molecule has 1 heterocycles. The van der Waals surface area contributed by atoms with Crippen molar-refractivity contribution in [2.45, 2.75) is 45.4 Å². The van der Waals surface area contributed by atoms with Crippen LogP contribution in [0.4, 0.5) is 4.79 Å². The van der Waals surface area contributed by atoms with Crippen LogP contribution >= 0.6 is 12.4 Å². The van der Waals surface area contributed by atoms with Gasteiger partial charge < -0.3 is 14.4 Å². The molecule has 1 aromatic rings. The molecule has 0 radical (unpaired) electrons. The van der Waals surface area contributed by atoms with Crippen LogP contribution in [0.1, 0.15) is 45.6 Å². The second kappa shape index (κ2) is 10.0.